The lowest BCUT2D eigenvalue weighted by molar-refractivity contribution is -0.121. The predicted octanol–water partition coefficient (Wildman–Crippen LogP) is 3.08. The zero-order valence-electron chi connectivity index (χ0n) is 11.0. The number of rotatable bonds is 4. The monoisotopic (exact) mass is 328 g/mol. The topological polar surface area (TPSA) is 32.3 Å². The summed E-state index contributed by atoms with van der Waals surface area (Å²) in [6, 6.07) is 4.59. The molecule has 0 spiro atoms. The van der Waals surface area contributed by atoms with Crippen molar-refractivity contribution in [1.82, 2.24) is 5.32 Å². The van der Waals surface area contributed by atoms with E-state index < -0.39 is 0 Å². The number of nitrogens with one attached hydrogen (secondary N) is 1. The van der Waals surface area contributed by atoms with E-state index >= 15 is 0 Å². The quantitative estimate of drug-likeness (QED) is 0.921. The lowest BCUT2D eigenvalue weighted by Gasteiger charge is -2.33. The molecule has 1 amide bonds. The van der Waals surface area contributed by atoms with Crippen LogP contribution in [0.1, 0.15) is 26.2 Å². The smallest absolute Gasteiger partial charge is 0.244 e. The van der Waals surface area contributed by atoms with E-state index in [0.29, 0.717) is 11.0 Å². The Balaban J connectivity index is 2.14. The number of hydrogen-bond donors (Lipinski definition) is 1. The molecule has 1 fully saturated rings. The molecule has 2 rings (SSSR count). The molecule has 1 aromatic rings. The minimum Gasteiger partial charge on any atom is -0.311 e. The molecule has 1 N–H and O–H groups in total. The number of halogens is 2. The van der Waals surface area contributed by atoms with Crippen molar-refractivity contribution in [3.8, 4) is 0 Å². The van der Waals surface area contributed by atoms with Gasteiger partial charge in [0.25, 0.3) is 0 Å². The van der Waals surface area contributed by atoms with Crippen LogP contribution in [0.15, 0.2) is 22.7 Å². The minimum absolute atomic E-state index is 0.0817. The largest absolute Gasteiger partial charge is 0.311 e. The summed E-state index contributed by atoms with van der Waals surface area (Å²) >= 11 is 3.16. The number of benzene rings is 1. The van der Waals surface area contributed by atoms with Crippen LogP contribution < -0.4 is 10.2 Å². The number of anilines is 1. The van der Waals surface area contributed by atoms with Crippen molar-refractivity contribution in [1.29, 1.82) is 0 Å². The molecule has 3 nitrogen and oxygen atoms in total. The number of amides is 1. The summed E-state index contributed by atoms with van der Waals surface area (Å²) in [7, 11) is 0. The fourth-order valence-electron chi connectivity index (χ4n) is 2.29. The number of piperidine rings is 1. The van der Waals surface area contributed by atoms with Gasteiger partial charge in [-0.15, -0.1) is 0 Å². The molecule has 0 bridgehead atoms. The Morgan fingerprint density at radius 1 is 1.53 bits per heavy atom. The Bertz CT molecular complexity index is 467. The molecule has 1 heterocycles. The Morgan fingerprint density at radius 3 is 3.00 bits per heavy atom. The average molecular weight is 329 g/mol. The highest BCUT2D eigenvalue weighted by molar-refractivity contribution is 9.10. The van der Waals surface area contributed by atoms with Crippen LogP contribution in [0.2, 0.25) is 0 Å². The second-order valence-electron chi connectivity index (χ2n) is 4.74. The van der Waals surface area contributed by atoms with Gasteiger partial charge in [-0.3, -0.25) is 4.79 Å². The molecule has 1 unspecified atom stereocenters. The van der Waals surface area contributed by atoms with Crippen LogP contribution in [-0.2, 0) is 4.79 Å². The fourth-order valence-corrected chi connectivity index (χ4v) is 2.66. The Hall–Kier alpha value is -0.940. The van der Waals surface area contributed by atoms with Gasteiger partial charge in [0.2, 0.25) is 5.91 Å². The van der Waals surface area contributed by atoms with Crippen LogP contribution in [0.3, 0.4) is 0 Å². The molecule has 104 valence electrons. The molecule has 19 heavy (non-hydrogen) atoms. The third-order valence-electron chi connectivity index (χ3n) is 3.29. The lowest BCUT2D eigenvalue weighted by Crippen LogP contribution is -2.51. The lowest BCUT2D eigenvalue weighted by atomic mass is 10.0. The third kappa shape index (κ3) is 3.34. The number of carbonyl (C=O) groups excluding carboxylic acids is 1. The summed E-state index contributed by atoms with van der Waals surface area (Å²) in [4.78, 5) is 14.1. The standard InChI is InChI=1S/C14H18BrFN2O/c1-2-7-17-13-4-3-8-18(14(13)19)10-5-6-12(16)11(15)9-10/h5-6,9,13,17H,2-4,7-8H2,1H3. The normalized spacial score (nSPS) is 19.8. The van der Waals surface area contributed by atoms with Crippen molar-refractivity contribution in [2.45, 2.75) is 32.2 Å². The van der Waals surface area contributed by atoms with E-state index in [1.54, 1.807) is 17.0 Å². The van der Waals surface area contributed by atoms with E-state index in [0.717, 1.165) is 31.5 Å². The molecule has 5 heteroatoms. The molecule has 0 aromatic heterocycles. The van der Waals surface area contributed by atoms with Crippen molar-refractivity contribution in [2.24, 2.45) is 0 Å². The Labute approximate surface area is 121 Å². The van der Waals surface area contributed by atoms with E-state index in [1.807, 2.05) is 0 Å². The second-order valence-corrected chi connectivity index (χ2v) is 5.59. The highest BCUT2D eigenvalue weighted by Crippen LogP contribution is 2.26. The SMILES string of the molecule is CCCNC1CCCN(c2ccc(F)c(Br)c2)C1=O. The summed E-state index contributed by atoms with van der Waals surface area (Å²) in [6.45, 7) is 3.62. The molecular weight excluding hydrogens is 311 g/mol. The molecule has 1 aliphatic rings. The first-order chi connectivity index (χ1) is 9.13. The van der Waals surface area contributed by atoms with Gasteiger partial charge in [-0.25, -0.2) is 4.39 Å². The van der Waals surface area contributed by atoms with Crippen molar-refractivity contribution in [3.63, 3.8) is 0 Å². The summed E-state index contributed by atoms with van der Waals surface area (Å²) < 4.78 is 13.6. The molecule has 0 aliphatic carbocycles. The second kappa shape index (κ2) is 6.48. The van der Waals surface area contributed by atoms with Gasteiger partial charge < -0.3 is 10.2 Å². The zero-order valence-corrected chi connectivity index (χ0v) is 12.5. The van der Waals surface area contributed by atoms with Crippen molar-refractivity contribution >= 4 is 27.5 Å². The van der Waals surface area contributed by atoms with Gasteiger partial charge in [0.05, 0.1) is 10.5 Å². The summed E-state index contributed by atoms with van der Waals surface area (Å²) in [5.41, 5.74) is 0.751. The van der Waals surface area contributed by atoms with Crippen LogP contribution >= 0.6 is 15.9 Å². The van der Waals surface area contributed by atoms with E-state index in [-0.39, 0.29) is 17.8 Å². The number of nitrogens with zero attached hydrogens (tertiary/aromatic N) is 1. The first kappa shape index (κ1) is 14.5. The van der Waals surface area contributed by atoms with Crippen LogP contribution in [0.4, 0.5) is 10.1 Å². The Kier molecular flexibility index (Phi) is 4.93. The molecule has 1 aromatic carbocycles. The van der Waals surface area contributed by atoms with Crippen molar-refractivity contribution in [3.05, 3.63) is 28.5 Å². The maximum atomic E-state index is 13.2. The molecule has 1 saturated heterocycles. The molecule has 1 aliphatic heterocycles. The van der Waals surface area contributed by atoms with Gasteiger partial charge >= 0.3 is 0 Å². The van der Waals surface area contributed by atoms with Crippen LogP contribution in [-0.4, -0.2) is 25.0 Å². The van der Waals surface area contributed by atoms with Crippen LogP contribution in [0.25, 0.3) is 0 Å². The molecule has 0 saturated carbocycles. The highest BCUT2D eigenvalue weighted by atomic mass is 79.9. The van der Waals surface area contributed by atoms with Crippen LogP contribution in [0, 0.1) is 5.82 Å². The summed E-state index contributed by atoms with van der Waals surface area (Å²) in [5, 5.41) is 3.27. The highest BCUT2D eigenvalue weighted by Gasteiger charge is 2.29. The Morgan fingerprint density at radius 2 is 2.32 bits per heavy atom. The van der Waals surface area contributed by atoms with Crippen molar-refractivity contribution < 1.29 is 9.18 Å². The van der Waals surface area contributed by atoms with Gasteiger partial charge in [0, 0.05) is 12.2 Å². The van der Waals surface area contributed by atoms with Gasteiger partial charge in [0.15, 0.2) is 0 Å². The van der Waals surface area contributed by atoms with Crippen LogP contribution in [0.5, 0.6) is 0 Å². The van der Waals surface area contributed by atoms with E-state index in [1.165, 1.54) is 6.07 Å². The average Bonchev–Trinajstić information content (AvgIpc) is 2.41. The maximum Gasteiger partial charge on any atom is 0.244 e. The van der Waals surface area contributed by atoms with Gasteiger partial charge in [-0.1, -0.05) is 6.92 Å². The fraction of sp³-hybridized carbons (Fsp3) is 0.500. The maximum absolute atomic E-state index is 13.2. The van der Waals surface area contributed by atoms with E-state index in [9.17, 15) is 9.18 Å². The summed E-state index contributed by atoms with van der Waals surface area (Å²) in [5.74, 6) is -0.230. The predicted molar refractivity (Wildman–Crippen MR) is 77.8 cm³/mol. The zero-order chi connectivity index (χ0) is 13.8. The first-order valence-corrected chi connectivity index (χ1v) is 7.42. The minimum atomic E-state index is -0.311. The number of hydrogen-bond acceptors (Lipinski definition) is 2. The number of carbonyl (C=O) groups is 1. The van der Waals surface area contributed by atoms with E-state index in [2.05, 4.69) is 28.2 Å². The first-order valence-electron chi connectivity index (χ1n) is 6.63. The van der Waals surface area contributed by atoms with Gasteiger partial charge in [-0.05, 0) is 59.9 Å². The molecular formula is C14H18BrFN2O. The molecule has 0 radical (unpaired) electrons. The summed E-state index contributed by atoms with van der Waals surface area (Å²) in [6.07, 6.45) is 2.84. The third-order valence-corrected chi connectivity index (χ3v) is 3.90. The van der Waals surface area contributed by atoms with Crippen molar-refractivity contribution in [2.75, 3.05) is 18.0 Å². The van der Waals surface area contributed by atoms with Gasteiger partial charge in [0.1, 0.15) is 5.82 Å². The molecule has 1 atom stereocenters. The van der Waals surface area contributed by atoms with E-state index in [4.69, 9.17) is 0 Å². The van der Waals surface area contributed by atoms with Gasteiger partial charge in [-0.2, -0.15) is 0 Å².